The average molecular weight is 498 g/mol. The van der Waals surface area contributed by atoms with Gasteiger partial charge in [-0.05, 0) is 75.4 Å². The molecule has 5 heteroatoms. The van der Waals surface area contributed by atoms with Crippen LogP contribution in [0, 0.1) is 6.92 Å². The molecule has 196 valence electrons. The zero-order valence-electron chi connectivity index (χ0n) is 23.4. The minimum atomic E-state index is 0.442. The third-order valence-corrected chi connectivity index (χ3v) is 8.49. The fourth-order valence-corrected chi connectivity index (χ4v) is 6.23. The molecule has 0 radical (unpaired) electrons. The summed E-state index contributed by atoms with van der Waals surface area (Å²) in [7, 11) is 4.50. The number of aryl methyl sites for hydroxylation is 4. The van der Waals surface area contributed by atoms with Gasteiger partial charge in [-0.1, -0.05) is 56.3 Å². The third-order valence-electron chi connectivity index (χ3n) is 8.49. The summed E-state index contributed by atoms with van der Waals surface area (Å²) in [5, 5.41) is 0. The van der Waals surface area contributed by atoms with Gasteiger partial charge in [0, 0.05) is 55.6 Å². The number of rotatable bonds is 7. The maximum absolute atomic E-state index is 5.38. The molecule has 1 aromatic heterocycles. The molecule has 1 aliphatic heterocycles. The second kappa shape index (κ2) is 11.3. The van der Waals surface area contributed by atoms with E-state index in [2.05, 4.69) is 92.0 Å². The van der Waals surface area contributed by atoms with Crippen molar-refractivity contribution in [1.82, 2.24) is 19.8 Å². The van der Waals surface area contributed by atoms with Crippen LogP contribution in [0.5, 0.6) is 0 Å². The predicted molar refractivity (Wildman–Crippen MR) is 154 cm³/mol. The molecule has 3 aromatic rings. The first-order chi connectivity index (χ1) is 18.0. The first-order valence-corrected chi connectivity index (χ1v) is 14.2. The lowest BCUT2D eigenvalue weighted by Crippen LogP contribution is -2.45. The molecule has 1 fully saturated rings. The van der Waals surface area contributed by atoms with E-state index in [1.807, 2.05) is 0 Å². The molecule has 2 aliphatic rings. The topological polar surface area (TPSA) is 35.5 Å². The highest BCUT2D eigenvalue weighted by molar-refractivity contribution is 5.68. The Labute approximate surface area is 223 Å². The third kappa shape index (κ3) is 5.30. The molecule has 2 heterocycles. The van der Waals surface area contributed by atoms with Gasteiger partial charge in [-0.2, -0.15) is 0 Å². The van der Waals surface area contributed by atoms with Crippen molar-refractivity contribution >= 4 is 5.82 Å². The molecule has 1 aliphatic carbocycles. The maximum Gasteiger partial charge on any atom is 0.162 e. The standard InChI is InChI=1S/C32H43N5/c1-6-24-13-10-14-25(7-2)30(24)31-33-23(3)28(32(34-31)37-20-18-35(4)19-21-37)22-36(5)29-17-11-15-26-12-8-9-16-27(26)29/h8-10,12-14,16,29H,6-7,11,15,17-22H2,1-5H3/t29-/m0/s1. The van der Waals surface area contributed by atoms with E-state index in [0.717, 1.165) is 62.9 Å². The number of piperazine rings is 1. The zero-order chi connectivity index (χ0) is 25.9. The Morgan fingerprint density at radius 1 is 0.919 bits per heavy atom. The van der Waals surface area contributed by atoms with E-state index >= 15 is 0 Å². The summed E-state index contributed by atoms with van der Waals surface area (Å²) in [4.78, 5) is 18.0. The first kappa shape index (κ1) is 25.9. The van der Waals surface area contributed by atoms with Crippen molar-refractivity contribution in [2.45, 2.75) is 65.5 Å². The van der Waals surface area contributed by atoms with E-state index in [0.29, 0.717) is 6.04 Å². The summed E-state index contributed by atoms with van der Waals surface area (Å²) in [5.74, 6) is 2.04. The number of likely N-dealkylation sites (N-methyl/N-ethyl adjacent to an activating group) is 1. The van der Waals surface area contributed by atoms with Crippen molar-refractivity contribution in [2.24, 2.45) is 0 Å². The van der Waals surface area contributed by atoms with E-state index in [9.17, 15) is 0 Å². The van der Waals surface area contributed by atoms with E-state index in [-0.39, 0.29) is 0 Å². The molecule has 0 N–H and O–H groups in total. The van der Waals surface area contributed by atoms with Crippen LogP contribution >= 0.6 is 0 Å². The number of hydrogen-bond acceptors (Lipinski definition) is 5. The Morgan fingerprint density at radius 3 is 2.32 bits per heavy atom. The Balaban J connectivity index is 1.56. The molecular formula is C32H43N5. The van der Waals surface area contributed by atoms with E-state index in [1.54, 1.807) is 0 Å². The molecule has 0 bridgehead atoms. The lowest BCUT2D eigenvalue weighted by molar-refractivity contribution is 0.212. The normalized spacial score (nSPS) is 18.3. The summed E-state index contributed by atoms with van der Waals surface area (Å²) in [6.07, 6.45) is 5.63. The molecule has 37 heavy (non-hydrogen) atoms. The van der Waals surface area contributed by atoms with Crippen LogP contribution in [0.4, 0.5) is 5.82 Å². The van der Waals surface area contributed by atoms with Gasteiger partial charge in [-0.15, -0.1) is 0 Å². The zero-order valence-corrected chi connectivity index (χ0v) is 23.4. The highest BCUT2D eigenvalue weighted by atomic mass is 15.3. The first-order valence-electron chi connectivity index (χ1n) is 14.2. The number of anilines is 1. The molecule has 0 amide bonds. The smallest absolute Gasteiger partial charge is 0.162 e. The minimum absolute atomic E-state index is 0.442. The van der Waals surface area contributed by atoms with Crippen molar-refractivity contribution in [3.63, 3.8) is 0 Å². The summed E-state index contributed by atoms with van der Waals surface area (Å²) >= 11 is 0. The number of aromatic nitrogens is 2. The molecule has 0 unspecified atom stereocenters. The van der Waals surface area contributed by atoms with Crippen LogP contribution in [0.1, 0.15) is 66.2 Å². The van der Waals surface area contributed by atoms with Gasteiger partial charge < -0.3 is 9.80 Å². The average Bonchev–Trinajstić information content (AvgIpc) is 2.93. The van der Waals surface area contributed by atoms with E-state index < -0.39 is 0 Å². The molecule has 0 spiro atoms. The lowest BCUT2D eigenvalue weighted by Gasteiger charge is -2.37. The number of nitrogens with zero attached hydrogens (tertiary/aromatic N) is 5. The van der Waals surface area contributed by atoms with Gasteiger partial charge in [0.2, 0.25) is 0 Å². The van der Waals surface area contributed by atoms with Gasteiger partial charge in [0.05, 0.1) is 0 Å². The molecule has 5 nitrogen and oxygen atoms in total. The monoisotopic (exact) mass is 497 g/mol. The maximum atomic E-state index is 5.38. The Morgan fingerprint density at radius 2 is 1.62 bits per heavy atom. The van der Waals surface area contributed by atoms with Crippen molar-refractivity contribution < 1.29 is 0 Å². The van der Waals surface area contributed by atoms with Crippen molar-refractivity contribution in [3.8, 4) is 11.4 Å². The fraction of sp³-hybridized carbons (Fsp3) is 0.500. The lowest BCUT2D eigenvalue weighted by atomic mass is 9.87. The minimum Gasteiger partial charge on any atom is -0.354 e. The summed E-state index contributed by atoms with van der Waals surface area (Å²) < 4.78 is 0. The highest BCUT2D eigenvalue weighted by Gasteiger charge is 2.28. The van der Waals surface area contributed by atoms with E-state index in [4.69, 9.17) is 9.97 Å². The van der Waals surface area contributed by atoms with Crippen LogP contribution in [-0.4, -0.2) is 60.0 Å². The Kier molecular flexibility index (Phi) is 7.92. The van der Waals surface area contributed by atoms with Gasteiger partial charge in [-0.25, -0.2) is 9.97 Å². The van der Waals surface area contributed by atoms with Crippen LogP contribution in [0.15, 0.2) is 42.5 Å². The quantitative estimate of drug-likeness (QED) is 0.410. The van der Waals surface area contributed by atoms with Crippen LogP contribution in [0.3, 0.4) is 0 Å². The molecule has 1 saturated heterocycles. The molecule has 5 rings (SSSR count). The second-order valence-electron chi connectivity index (χ2n) is 10.9. The summed E-state index contributed by atoms with van der Waals surface area (Å²) in [6, 6.07) is 16.1. The largest absolute Gasteiger partial charge is 0.354 e. The molecule has 2 aromatic carbocycles. The van der Waals surface area contributed by atoms with Gasteiger partial charge in [0.25, 0.3) is 0 Å². The molecule has 1 atom stereocenters. The summed E-state index contributed by atoms with van der Waals surface area (Å²) in [6.45, 7) is 11.7. The molecular weight excluding hydrogens is 454 g/mol. The SMILES string of the molecule is CCc1cccc(CC)c1-c1nc(C)c(CN(C)[C@H]2CCCc3ccccc32)c(N2CCN(C)CC2)n1. The highest BCUT2D eigenvalue weighted by Crippen LogP contribution is 2.36. The van der Waals surface area contributed by atoms with E-state index in [1.165, 1.54) is 52.6 Å². The fourth-order valence-electron chi connectivity index (χ4n) is 6.23. The number of benzene rings is 2. The number of hydrogen-bond donors (Lipinski definition) is 0. The van der Waals surface area contributed by atoms with Gasteiger partial charge in [0.1, 0.15) is 5.82 Å². The Bertz CT molecular complexity index is 1210. The molecule has 0 saturated carbocycles. The van der Waals surface area contributed by atoms with Crippen LogP contribution < -0.4 is 4.90 Å². The van der Waals surface area contributed by atoms with Crippen LogP contribution in [0.2, 0.25) is 0 Å². The summed E-state index contributed by atoms with van der Waals surface area (Å²) in [5.41, 5.74) is 9.33. The second-order valence-corrected chi connectivity index (χ2v) is 10.9. The van der Waals surface area contributed by atoms with Crippen molar-refractivity contribution in [2.75, 3.05) is 45.2 Å². The van der Waals surface area contributed by atoms with Crippen LogP contribution in [0.25, 0.3) is 11.4 Å². The van der Waals surface area contributed by atoms with Crippen molar-refractivity contribution in [1.29, 1.82) is 0 Å². The number of fused-ring (bicyclic) bond motifs is 1. The van der Waals surface area contributed by atoms with Gasteiger partial charge in [-0.3, -0.25) is 4.90 Å². The Hall–Kier alpha value is -2.76. The van der Waals surface area contributed by atoms with Crippen LogP contribution in [-0.2, 0) is 25.8 Å². The van der Waals surface area contributed by atoms with Crippen molar-refractivity contribution in [3.05, 3.63) is 76.0 Å². The predicted octanol–water partition coefficient (Wildman–Crippen LogP) is 5.84. The van der Waals surface area contributed by atoms with Gasteiger partial charge >= 0.3 is 0 Å². The van der Waals surface area contributed by atoms with Gasteiger partial charge in [0.15, 0.2) is 5.82 Å².